The lowest BCUT2D eigenvalue weighted by Gasteiger charge is -2.09. The number of nitrogens with one attached hydrogen (secondary N) is 1. The van der Waals surface area contributed by atoms with Crippen molar-refractivity contribution in [3.05, 3.63) is 22.7 Å². The van der Waals surface area contributed by atoms with Crippen LogP contribution in [0.15, 0.2) is 22.7 Å². The van der Waals surface area contributed by atoms with Gasteiger partial charge in [0.1, 0.15) is 5.75 Å². The Morgan fingerprint density at radius 3 is 2.92 bits per heavy atom. The molecule has 0 aliphatic rings. The molecule has 1 aromatic carbocycles. The van der Waals surface area contributed by atoms with Crippen molar-refractivity contribution in [2.75, 3.05) is 24.9 Å². The smallest absolute Gasteiger partial charge is 0.143 e. The summed E-state index contributed by atoms with van der Waals surface area (Å²) in [5.74, 6) is 1.40. The van der Waals surface area contributed by atoms with Crippen LogP contribution in [0.5, 0.6) is 5.75 Å². The molecule has 2 nitrogen and oxygen atoms in total. The molecule has 0 atom stereocenters. The first-order valence-electron chi connectivity index (χ1n) is 3.91. The van der Waals surface area contributed by atoms with Crippen LogP contribution in [-0.2, 0) is 0 Å². The zero-order valence-corrected chi connectivity index (χ0v) is 9.65. The average molecular weight is 265 g/mol. The Balaban J connectivity index is 2.79. The molecular weight excluding hydrogens is 253 g/mol. The van der Waals surface area contributed by atoms with Crippen molar-refractivity contribution < 1.29 is 4.74 Å². The van der Waals surface area contributed by atoms with Crippen LogP contribution in [0.1, 0.15) is 0 Å². The third-order valence-corrected chi connectivity index (χ3v) is 2.26. The van der Waals surface area contributed by atoms with E-state index in [1.54, 1.807) is 7.11 Å². The molecule has 0 aliphatic heterocycles. The fourth-order valence-corrected chi connectivity index (χ4v) is 1.43. The van der Waals surface area contributed by atoms with Crippen molar-refractivity contribution in [2.45, 2.75) is 0 Å². The fraction of sp³-hybridized carbons (Fsp3) is 0.333. The molecule has 1 aromatic rings. The summed E-state index contributed by atoms with van der Waals surface area (Å²) in [4.78, 5) is 0. The highest BCUT2D eigenvalue weighted by atomic mass is 79.9. The number of ether oxygens (including phenoxy) is 1. The summed E-state index contributed by atoms with van der Waals surface area (Å²) in [7, 11) is 1.65. The summed E-state index contributed by atoms with van der Waals surface area (Å²) < 4.78 is 6.19. The molecule has 0 spiro atoms. The molecule has 4 heteroatoms. The van der Waals surface area contributed by atoms with Crippen molar-refractivity contribution >= 4 is 33.2 Å². The highest BCUT2D eigenvalue weighted by Crippen LogP contribution is 2.27. The monoisotopic (exact) mass is 263 g/mol. The van der Waals surface area contributed by atoms with E-state index in [1.165, 1.54) is 0 Å². The zero-order valence-electron chi connectivity index (χ0n) is 7.31. The Hall–Kier alpha value is -0.410. The molecule has 0 bridgehead atoms. The highest BCUT2D eigenvalue weighted by Gasteiger charge is 2.01. The van der Waals surface area contributed by atoms with Crippen molar-refractivity contribution in [1.29, 1.82) is 0 Å². The van der Waals surface area contributed by atoms with Crippen molar-refractivity contribution in [3.63, 3.8) is 0 Å². The first-order valence-corrected chi connectivity index (χ1v) is 5.24. The summed E-state index contributed by atoms with van der Waals surface area (Å²) >= 11 is 8.94. The molecule has 0 fully saturated rings. The normalized spacial score (nSPS) is 9.77. The lowest BCUT2D eigenvalue weighted by Crippen LogP contribution is -2.03. The van der Waals surface area contributed by atoms with Gasteiger partial charge < -0.3 is 10.1 Å². The average Bonchev–Trinajstić information content (AvgIpc) is 2.16. The molecular formula is C9H11BrClNO. The Labute approximate surface area is 91.4 Å². The first kappa shape index (κ1) is 10.7. The molecule has 0 heterocycles. The van der Waals surface area contributed by atoms with Gasteiger partial charge in [0, 0.05) is 16.9 Å². The van der Waals surface area contributed by atoms with Gasteiger partial charge in [-0.25, -0.2) is 0 Å². The van der Waals surface area contributed by atoms with E-state index in [-0.39, 0.29) is 0 Å². The van der Waals surface area contributed by atoms with Crippen LogP contribution in [0.4, 0.5) is 5.69 Å². The topological polar surface area (TPSA) is 21.3 Å². The Kier molecular flexibility index (Phi) is 4.39. The largest absolute Gasteiger partial charge is 0.495 e. The van der Waals surface area contributed by atoms with Gasteiger partial charge in [-0.05, 0) is 18.2 Å². The molecule has 1 rings (SSSR count). The molecule has 0 saturated carbocycles. The summed E-state index contributed by atoms with van der Waals surface area (Å²) in [5.41, 5.74) is 0.964. The van der Waals surface area contributed by atoms with Gasteiger partial charge in [0.25, 0.3) is 0 Å². The van der Waals surface area contributed by atoms with Gasteiger partial charge in [0.2, 0.25) is 0 Å². The maximum absolute atomic E-state index is 5.57. The number of hydrogen-bond acceptors (Lipinski definition) is 2. The molecule has 0 aliphatic carbocycles. The van der Waals surface area contributed by atoms with Crippen LogP contribution < -0.4 is 10.1 Å². The third-order valence-electron chi connectivity index (χ3n) is 1.57. The fourth-order valence-electron chi connectivity index (χ4n) is 0.993. The van der Waals surface area contributed by atoms with Crippen molar-refractivity contribution in [2.24, 2.45) is 0 Å². The predicted molar refractivity (Wildman–Crippen MR) is 59.9 cm³/mol. The Morgan fingerprint density at radius 1 is 1.54 bits per heavy atom. The van der Waals surface area contributed by atoms with Gasteiger partial charge >= 0.3 is 0 Å². The van der Waals surface area contributed by atoms with E-state index in [0.29, 0.717) is 5.88 Å². The van der Waals surface area contributed by atoms with Gasteiger partial charge in [-0.15, -0.1) is 11.6 Å². The van der Waals surface area contributed by atoms with E-state index < -0.39 is 0 Å². The molecule has 0 amide bonds. The second-order valence-electron chi connectivity index (χ2n) is 2.46. The highest BCUT2D eigenvalue weighted by molar-refractivity contribution is 9.10. The lowest BCUT2D eigenvalue weighted by molar-refractivity contribution is 0.416. The number of anilines is 1. The van der Waals surface area contributed by atoms with Crippen LogP contribution >= 0.6 is 27.5 Å². The van der Waals surface area contributed by atoms with E-state index in [1.807, 2.05) is 18.2 Å². The maximum atomic E-state index is 5.57. The summed E-state index contributed by atoms with van der Waals surface area (Å²) in [6.07, 6.45) is 0. The lowest BCUT2D eigenvalue weighted by atomic mass is 10.3. The standard InChI is InChI=1S/C9H11BrClNO/c1-13-9-6-7(10)2-3-8(9)12-5-4-11/h2-3,6,12H,4-5H2,1H3. The number of methoxy groups -OCH3 is 1. The Bertz CT molecular complexity index is 280. The van der Waals surface area contributed by atoms with E-state index >= 15 is 0 Å². The first-order chi connectivity index (χ1) is 6.27. The quantitative estimate of drug-likeness (QED) is 0.844. The summed E-state index contributed by atoms with van der Waals surface area (Å²) in [5, 5.41) is 3.16. The van der Waals surface area contributed by atoms with E-state index in [0.717, 1.165) is 22.5 Å². The predicted octanol–water partition coefficient (Wildman–Crippen LogP) is 3.11. The van der Waals surface area contributed by atoms with Crippen LogP contribution in [-0.4, -0.2) is 19.5 Å². The summed E-state index contributed by atoms with van der Waals surface area (Å²) in [6.45, 7) is 0.736. The van der Waals surface area contributed by atoms with Gasteiger partial charge in [-0.3, -0.25) is 0 Å². The minimum atomic E-state index is 0.583. The molecule has 13 heavy (non-hydrogen) atoms. The zero-order chi connectivity index (χ0) is 9.68. The van der Waals surface area contributed by atoms with E-state index in [9.17, 15) is 0 Å². The summed E-state index contributed by atoms with van der Waals surface area (Å²) in [6, 6.07) is 5.82. The van der Waals surface area contributed by atoms with Crippen molar-refractivity contribution in [3.8, 4) is 5.75 Å². The number of hydrogen-bond donors (Lipinski definition) is 1. The molecule has 0 unspecified atom stereocenters. The minimum Gasteiger partial charge on any atom is -0.495 e. The van der Waals surface area contributed by atoms with Gasteiger partial charge in [-0.2, -0.15) is 0 Å². The number of alkyl halides is 1. The molecule has 0 radical (unpaired) electrons. The van der Waals surface area contributed by atoms with Gasteiger partial charge in [0.15, 0.2) is 0 Å². The van der Waals surface area contributed by atoms with Gasteiger partial charge in [-0.1, -0.05) is 15.9 Å². The molecule has 0 aromatic heterocycles. The minimum absolute atomic E-state index is 0.583. The number of benzene rings is 1. The van der Waals surface area contributed by atoms with Crippen molar-refractivity contribution in [1.82, 2.24) is 0 Å². The van der Waals surface area contributed by atoms with Crippen LogP contribution in [0.2, 0.25) is 0 Å². The van der Waals surface area contributed by atoms with Crippen LogP contribution in [0, 0.1) is 0 Å². The third kappa shape index (κ3) is 3.08. The van der Waals surface area contributed by atoms with Crippen LogP contribution in [0.3, 0.4) is 0 Å². The Morgan fingerprint density at radius 2 is 2.31 bits per heavy atom. The molecule has 72 valence electrons. The van der Waals surface area contributed by atoms with E-state index in [4.69, 9.17) is 16.3 Å². The van der Waals surface area contributed by atoms with E-state index in [2.05, 4.69) is 21.2 Å². The molecule has 0 saturated heterocycles. The van der Waals surface area contributed by atoms with Gasteiger partial charge in [0.05, 0.1) is 12.8 Å². The second-order valence-corrected chi connectivity index (χ2v) is 3.75. The van der Waals surface area contributed by atoms with Crippen LogP contribution in [0.25, 0.3) is 0 Å². The number of rotatable bonds is 4. The maximum Gasteiger partial charge on any atom is 0.143 e. The second kappa shape index (κ2) is 5.35. The SMILES string of the molecule is COc1cc(Br)ccc1NCCCl. The molecule has 1 N–H and O–H groups in total. The number of halogens is 2.